The van der Waals surface area contributed by atoms with E-state index in [1.807, 2.05) is 84.9 Å². The molecule has 190 valence electrons. The second-order valence-electron chi connectivity index (χ2n) is 9.28. The molecule has 2 heterocycles. The molecule has 0 spiro atoms. The molecule has 39 heavy (non-hydrogen) atoms. The largest absolute Gasteiger partial charge is 0.342 e. The van der Waals surface area contributed by atoms with Gasteiger partial charge in [0.2, 0.25) is 0 Å². The maximum atomic E-state index is 10.3. The van der Waals surface area contributed by atoms with Crippen LogP contribution in [0, 0.1) is 11.3 Å². The molecule has 0 N–H and O–H groups in total. The number of imidazole rings is 1. The van der Waals surface area contributed by atoms with Gasteiger partial charge in [-0.15, -0.1) is 0 Å². The third kappa shape index (κ3) is 5.05. The Morgan fingerprint density at radius 2 is 1.51 bits per heavy atom. The van der Waals surface area contributed by atoms with E-state index in [1.54, 1.807) is 0 Å². The lowest BCUT2D eigenvalue weighted by atomic mass is 10.1. The van der Waals surface area contributed by atoms with Crippen LogP contribution in [-0.2, 0) is 13.1 Å². The maximum absolute atomic E-state index is 10.3. The van der Waals surface area contributed by atoms with E-state index < -0.39 is 0 Å². The molecular weight excluding hydrogens is 547 g/mol. The molecule has 0 atom stereocenters. The van der Waals surface area contributed by atoms with Crippen LogP contribution in [0.3, 0.4) is 0 Å². The molecule has 0 aliphatic rings. The van der Waals surface area contributed by atoms with Gasteiger partial charge in [0, 0.05) is 40.8 Å². The van der Waals surface area contributed by atoms with Crippen molar-refractivity contribution in [2.45, 2.75) is 13.1 Å². The monoisotopic (exact) mass is 566 g/mol. The van der Waals surface area contributed by atoms with Gasteiger partial charge in [0.1, 0.15) is 6.07 Å². The number of hydrogen-bond donors (Lipinski definition) is 0. The standard InChI is InChI=1S/C32H21Cl3N4/c33-25-12-9-21(10-13-25)19-39-31-8-4-2-6-29(31)37-32(39)23(17-36)16-24-20-38(30-7-3-1-5-26(24)30)18-22-11-14-27(34)28(35)15-22/h1-16,20H,18-19H2. The first-order chi connectivity index (χ1) is 19.0. The Bertz CT molecular complexity index is 1910. The van der Waals surface area contributed by atoms with E-state index in [9.17, 15) is 5.26 Å². The lowest BCUT2D eigenvalue weighted by Gasteiger charge is -2.09. The first-order valence-corrected chi connectivity index (χ1v) is 13.5. The smallest absolute Gasteiger partial charge is 0.152 e. The van der Waals surface area contributed by atoms with Crippen molar-refractivity contribution >= 4 is 68.4 Å². The maximum Gasteiger partial charge on any atom is 0.152 e. The molecule has 6 aromatic rings. The van der Waals surface area contributed by atoms with E-state index >= 15 is 0 Å². The fourth-order valence-electron chi connectivity index (χ4n) is 4.87. The lowest BCUT2D eigenvalue weighted by Crippen LogP contribution is -2.04. The van der Waals surface area contributed by atoms with Gasteiger partial charge in [-0.05, 0) is 59.7 Å². The molecule has 4 aromatic carbocycles. The molecule has 0 aliphatic carbocycles. The Balaban J connectivity index is 1.46. The van der Waals surface area contributed by atoms with Gasteiger partial charge < -0.3 is 9.13 Å². The molecule has 0 unspecified atom stereocenters. The number of aromatic nitrogens is 3. The highest BCUT2D eigenvalue weighted by Crippen LogP contribution is 2.30. The molecule has 0 bridgehead atoms. The highest BCUT2D eigenvalue weighted by molar-refractivity contribution is 6.42. The summed E-state index contributed by atoms with van der Waals surface area (Å²) in [6.07, 6.45) is 3.99. The van der Waals surface area contributed by atoms with E-state index in [0.29, 0.717) is 39.6 Å². The first kappa shape index (κ1) is 25.3. The summed E-state index contributed by atoms with van der Waals surface area (Å²) in [6, 6.07) is 31.9. The van der Waals surface area contributed by atoms with Crippen LogP contribution in [0.1, 0.15) is 22.5 Å². The van der Waals surface area contributed by atoms with Crippen molar-refractivity contribution < 1.29 is 0 Å². The van der Waals surface area contributed by atoms with E-state index in [4.69, 9.17) is 39.8 Å². The Morgan fingerprint density at radius 3 is 2.28 bits per heavy atom. The van der Waals surface area contributed by atoms with Crippen LogP contribution >= 0.6 is 34.8 Å². The summed E-state index contributed by atoms with van der Waals surface area (Å²) >= 11 is 18.5. The molecule has 0 radical (unpaired) electrons. The van der Waals surface area contributed by atoms with Crippen molar-refractivity contribution in [3.05, 3.63) is 135 Å². The van der Waals surface area contributed by atoms with Gasteiger partial charge in [-0.3, -0.25) is 0 Å². The molecule has 0 aliphatic heterocycles. The molecule has 6 rings (SSSR count). The Morgan fingerprint density at radius 1 is 0.795 bits per heavy atom. The topological polar surface area (TPSA) is 46.5 Å². The molecule has 7 heteroatoms. The zero-order chi connectivity index (χ0) is 26.9. The minimum Gasteiger partial charge on any atom is -0.342 e. The molecule has 0 saturated heterocycles. The van der Waals surface area contributed by atoms with Crippen molar-refractivity contribution in [2.75, 3.05) is 0 Å². The number of hydrogen-bond acceptors (Lipinski definition) is 2. The summed E-state index contributed by atoms with van der Waals surface area (Å²) in [7, 11) is 0. The van der Waals surface area contributed by atoms with Crippen LogP contribution in [0.25, 0.3) is 33.6 Å². The number of halogens is 3. The SMILES string of the molecule is N#CC(=Cc1cn(Cc2ccc(Cl)c(Cl)c2)c2ccccc12)c1nc2ccccc2n1Cc1ccc(Cl)cc1. The number of benzene rings is 4. The van der Waals surface area contributed by atoms with Crippen LogP contribution < -0.4 is 0 Å². The number of para-hydroxylation sites is 3. The molecule has 2 aromatic heterocycles. The van der Waals surface area contributed by atoms with E-state index in [2.05, 4.69) is 33.5 Å². The van der Waals surface area contributed by atoms with Gasteiger partial charge in [0.25, 0.3) is 0 Å². The van der Waals surface area contributed by atoms with Crippen molar-refractivity contribution in [1.82, 2.24) is 14.1 Å². The predicted molar refractivity (Wildman–Crippen MR) is 161 cm³/mol. The minimum atomic E-state index is 0.484. The summed E-state index contributed by atoms with van der Waals surface area (Å²) in [6.45, 7) is 1.17. The Hall–Kier alpha value is -4.01. The number of nitrogens with zero attached hydrogens (tertiary/aromatic N) is 4. The van der Waals surface area contributed by atoms with Gasteiger partial charge in [-0.25, -0.2) is 4.98 Å². The number of fused-ring (bicyclic) bond motifs is 2. The van der Waals surface area contributed by atoms with Gasteiger partial charge in [-0.1, -0.05) is 83.3 Å². The summed E-state index contributed by atoms with van der Waals surface area (Å²) in [5.41, 5.74) is 6.38. The average Bonchev–Trinajstić information content (AvgIpc) is 3.48. The zero-order valence-corrected chi connectivity index (χ0v) is 22.9. The first-order valence-electron chi connectivity index (χ1n) is 12.3. The molecule has 0 fully saturated rings. The molecule has 4 nitrogen and oxygen atoms in total. The second kappa shape index (κ2) is 10.6. The van der Waals surface area contributed by atoms with Gasteiger partial charge in [-0.2, -0.15) is 5.26 Å². The van der Waals surface area contributed by atoms with E-state index in [1.165, 1.54) is 0 Å². The minimum absolute atomic E-state index is 0.484. The molecule has 0 amide bonds. The van der Waals surface area contributed by atoms with E-state index in [0.717, 1.165) is 38.6 Å². The number of allylic oxidation sites excluding steroid dienone is 1. The Kier molecular flexibility index (Phi) is 6.89. The summed E-state index contributed by atoms with van der Waals surface area (Å²) in [5.74, 6) is 0.620. The zero-order valence-electron chi connectivity index (χ0n) is 20.7. The average molecular weight is 568 g/mol. The second-order valence-corrected chi connectivity index (χ2v) is 10.5. The fraction of sp³-hybridized carbons (Fsp3) is 0.0625. The summed E-state index contributed by atoms with van der Waals surface area (Å²) in [4.78, 5) is 4.88. The Labute approximate surface area is 240 Å². The number of rotatable bonds is 6. The fourth-order valence-corrected chi connectivity index (χ4v) is 5.32. The van der Waals surface area contributed by atoms with Gasteiger partial charge in [0.15, 0.2) is 5.82 Å². The molecular formula is C32H21Cl3N4. The van der Waals surface area contributed by atoms with Crippen LogP contribution in [0.2, 0.25) is 15.1 Å². The van der Waals surface area contributed by atoms with Crippen LogP contribution in [-0.4, -0.2) is 14.1 Å². The van der Waals surface area contributed by atoms with Crippen molar-refractivity contribution in [2.24, 2.45) is 0 Å². The van der Waals surface area contributed by atoms with Crippen LogP contribution in [0.15, 0.2) is 97.2 Å². The highest BCUT2D eigenvalue weighted by atomic mass is 35.5. The van der Waals surface area contributed by atoms with Crippen molar-refractivity contribution in [1.29, 1.82) is 5.26 Å². The third-order valence-corrected chi connectivity index (χ3v) is 7.72. The van der Waals surface area contributed by atoms with Gasteiger partial charge >= 0.3 is 0 Å². The normalized spacial score (nSPS) is 11.8. The lowest BCUT2D eigenvalue weighted by molar-refractivity contribution is 0.811. The highest BCUT2D eigenvalue weighted by Gasteiger charge is 2.17. The van der Waals surface area contributed by atoms with Crippen LogP contribution in [0.5, 0.6) is 0 Å². The van der Waals surface area contributed by atoms with Crippen molar-refractivity contribution in [3.63, 3.8) is 0 Å². The third-order valence-electron chi connectivity index (χ3n) is 6.73. The van der Waals surface area contributed by atoms with Crippen molar-refractivity contribution in [3.8, 4) is 6.07 Å². The van der Waals surface area contributed by atoms with Gasteiger partial charge in [0.05, 0.1) is 26.7 Å². The predicted octanol–water partition coefficient (Wildman–Crippen LogP) is 9.11. The molecule has 0 saturated carbocycles. The quantitative estimate of drug-likeness (QED) is 0.188. The summed E-state index contributed by atoms with van der Waals surface area (Å²) in [5, 5.41) is 13.1. The number of nitriles is 1. The van der Waals surface area contributed by atoms with Crippen LogP contribution in [0.4, 0.5) is 0 Å². The summed E-state index contributed by atoms with van der Waals surface area (Å²) < 4.78 is 4.24. The van der Waals surface area contributed by atoms with E-state index in [-0.39, 0.29) is 0 Å².